The van der Waals surface area contributed by atoms with Crippen LogP contribution < -0.4 is 19.7 Å². The number of amidine groups is 1. The molecule has 50 heavy (non-hydrogen) atoms. The van der Waals surface area contributed by atoms with Crippen molar-refractivity contribution in [2.75, 3.05) is 44.8 Å². The monoisotopic (exact) mass is 706 g/mol. The maximum absolute atomic E-state index is 13.9. The average Bonchev–Trinajstić information content (AvgIpc) is 3.67. The Bertz CT molecular complexity index is 1600. The second-order valence-corrected chi connectivity index (χ2v) is 13.0. The number of nitrogens with zero attached hydrogens (tertiary/aromatic N) is 2. The fourth-order valence-corrected chi connectivity index (χ4v) is 5.64. The molecule has 0 unspecified atom stereocenters. The Morgan fingerprint density at radius 3 is 2.16 bits per heavy atom. The summed E-state index contributed by atoms with van der Waals surface area (Å²) in [5, 5.41) is 27.6. The molecule has 0 spiro atoms. The van der Waals surface area contributed by atoms with Crippen LogP contribution in [0.15, 0.2) is 24.3 Å². The van der Waals surface area contributed by atoms with Crippen molar-refractivity contribution in [3.8, 4) is 11.5 Å². The standard InChI is InChI=1S/C33H44N4O6.C2HF3O2/c1-6-42-28-17-22-19-37(31(34)23(22)18-24(28)32(41)35-5)20-27(38)21-15-25(33(2,3)4)30(43-14-10-7-11-29(39)40)26(16-21)36-12-8-9-13-36;3-2(4,5)1(6)7/h15-18,34H,6-14,19-20H2,1-5H3,(H,35,41)(H,39,40);(H,6,7). The van der Waals surface area contributed by atoms with Gasteiger partial charge in [-0.2, -0.15) is 13.2 Å². The van der Waals surface area contributed by atoms with Crippen LogP contribution in [0, 0.1) is 5.41 Å². The summed E-state index contributed by atoms with van der Waals surface area (Å²) in [5.74, 6) is -2.54. The molecule has 4 rings (SSSR count). The quantitative estimate of drug-likeness (QED) is 0.151. The molecule has 2 aromatic carbocycles. The van der Waals surface area contributed by atoms with Crippen molar-refractivity contribution in [1.29, 1.82) is 5.41 Å². The van der Waals surface area contributed by atoms with Gasteiger partial charge in [0.1, 0.15) is 17.3 Å². The number of carboxylic acids is 2. The van der Waals surface area contributed by atoms with Crippen LogP contribution >= 0.6 is 0 Å². The maximum atomic E-state index is 13.9. The number of carbonyl (C=O) groups excluding carboxylic acids is 2. The third-order valence-corrected chi connectivity index (χ3v) is 8.16. The number of Topliss-reactive ketones (excluding diaryl/α,β-unsaturated/α-hetero) is 1. The highest BCUT2D eigenvalue weighted by atomic mass is 19.4. The number of unbranched alkanes of at least 4 members (excludes halogenated alkanes) is 1. The topological polar surface area (TPSA) is 170 Å². The van der Waals surface area contributed by atoms with E-state index in [1.54, 1.807) is 24.1 Å². The smallest absolute Gasteiger partial charge is 0.490 e. The van der Waals surface area contributed by atoms with Crippen LogP contribution in [0.1, 0.15) is 97.2 Å². The number of rotatable bonds is 13. The van der Waals surface area contributed by atoms with Crippen LogP contribution in [-0.2, 0) is 21.5 Å². The summed E-state index contributed by atoms with van der Waals surface area (Å²) in [4.78, 5) is 50.2. The second kappa shape index (κ2) is 16.7. The molecule has 0 aliphatic carbocycles. The van der Waals surface area contributed by atoms with Crippen molar-refractivity contribution in [3.63, 3.8) is 0 Å². The number of amides is 1. The number of ketones is 1. The zero-order chi connectivity index (χ0) is 37.4. The molecule has 12 nitrogen and oxygen atoms in total. The second-order valence-electron chi connectivity index (χ2n) is 13.0. The number of carbonyl (C=O) groups is 4. The lowest BCUT2D eigenvalue weighted by Crippen LogP contribution is -2.31. The number of fused-ring (bicyclic) bond motifs is 1. The first-order valence-corrected chi connectivity index (χ1v) is 16.4. The van der Waals surface area contributed by atoms with Crippen molar-refractivity contribution in [3.05, 3.63) is 52.1 Å². The number of hydrogen-bond donors (Lipinski definition) is 4. The Hall–Kier alpha value is -4.82. The van der Waals surface area contributed by atoms with Crippen molar-refractivity contribution in [2.24, 2.45) is 0 Å². The zero-order valence-electron chi connectivity index (χ0n) is 29.0. The number of anilines is 1. The van der Waals surface area contributed by atoms with E-state index in [0.29, 0.717) is 55.0 Å². The van der Waals surface area contributed by atoms with E-state index >= 15 is 0 Å². The van der Waals surface area contributed by atoms with E-state index < -0.39 is 18.1 Å². The Kier molecular flexibility index (Phi) is 13.3. The number of halogens is 3. The van der Waals surface area contributed by atoms with E-state index in [1.165, 1.54) is 0 Å². The number of carboxylic acid groups (broad SMARTS) is 2. The molecule has 274 valence electrons. The minimum Gasteiger partial charge on any atom is -0.493 e. The zero-order valence-corrected chi connectivity index (χ0v) is 29.0. The van der Waals surface area contributed by atoms with E-state index in [4.69, 9.17) is 29.9 Å². The van der Waals surface area contributed by atoms with Crippen molar-refractivity contribution >= 4 is 35.2 Å². The molecule has 2 aliphatic heterocycles. The minimum absolute atomic E-state index is 0.0191. The minimum atomic E-state index is -5.08. The molecule has 1 amide bonds. The number of aliphatic carboxylic acids is 2. The molecule has 15 heteroatoms. The van der Waals surface area contributed by atoms with Gasteiger partial charge in [0.05, 0.1) is 31.0 Å². The fourth-order valence-electron chi connectivity index (χ4n) is 5.64. The number of benzene rings is 2. The predicted molar refractivity (Wildman–Crippen MR) is 180 cm³/mol. The third kappa shape index (κ3) is 10.1. The highest BCUT2D eigenvalue weighted by Gasteiger charge is 2.38. The van der Waals surface area contributed by atoms with Gasteiger partial charge in [-0.15, -0.1) is 0 Å². The molecule has 0 saturated carbocycles. The molecular weight excluding hydrogens is 661 g/mol. The third-order valence-electron chi connectivity index (χ3n) is 8.16. The van der Waals surface area contributed by atoms with Gasteiger partial charge in [0.25, 0.3) is 5.91 Å². The molecule has 4 N–H and O–H groups in total. The van der Waals surface area contributed by atoms with Gasteiger partial charge < -0.3 is 34.8 Å². The molecule has 2 heterocycles. The summed E-state index contributed by atoms with van der Waals surface area (Å²) < 4.78 is 43.8. The van der Waals surface area contributed by atoms with Gasteiger partial charge in [0.15, 0.2) is 5.78 Å². The van der Waals surface area contributed by atoms with Crippen LogP contribution in [0.25, 0.3) is 0 Å². The summed E-state index contributed by atoms with van der Waals surface area (Å²) in [5.41, 5.74) is 3.89. The molecule has 0 bridgehead atoms. The van der Waals surface area contributed by atoms with E-state index in [0.717, 1.165) is 48.5 Å². The largest absolute Gasteiger partial charge is 0.493 e. The van der Waals surface area contributed by atoms with Gasteiger partial charge in [0.2, 0.25) is 0 Å². The fraction of sp³-hybridized carbons (Fsp3) is 0.514. The molecular formula is C35H45F3N4O8. The number of hydrogen-bond acceptors (Lipinski definition) is 8. The van der Waals surface area contributed by atoms with Crippen LogP contribution in [-0.4, -0.2) is 90.6 Å². The molecule has 1 fully saturated rings. The number of ether oxygens (including phenoxy) is 2. The molecule has 1 saturated heterocycles. The Labute approximate surface area is 289 Å². The summed E-state index contributed by atoms with van der Waals surface area (Å²) >= 11 is 0. The first-order chi connectivity index (χ1) is 23.4. The average molecular weight is 707 g/mol. The predicted octanol–water partition coefficient (Wildman–Crippen LogP) is 5.63. The van der Waals surface area contributed by atoms with E-state index in [-0.39, 0.29) is 35.9 Å². The molecule has 0 aromatic heterocycles. The number of alkyl halides is 3. The van der Waals surface area contributed by atoms with E-state index in [1.807, 2.05) is 19.1 Å². The molecule has 0 atom stereocenters. The van der Waals surface area contributed by atoms with Gasteiger partial charge in [-0.05, 0) is 67.9 Å². The maximum Gasteiger partial charge on any atom is 0.490 e. The lowest BCUT2D eigenvalue weighted by atomic mass is 9.84. The van der Waals surface area contributed by atoms with Crippen LogP contribution in [0.2, 0.25) is 0 Å². The highest BCUT2D eigenvalue weighted by Crippen LogP contribution is 2.42. The van der Waals surface area contributed by atoms with Crippen LogP contribution in [0.4, 0.5) is 18.9 Å². The van der Waals surface area contributed by atoms with Gasteiger partial charge in [0, 0.05) is 49.8 Å². The molecule has 0 radical (unpaired) electrons. The van der Waals surface area contributed by atoms with Gasteiger partial charge in [-0.25, -0.2) is 4.79 Å². The molecule has 2 aromatic rings. The van der Waals surface area contributed by atoms with E-state index in [2.05, 4.69) is 31.0 Å². The van der Waals surface area contributed by atoms with Gasteiger partial charge in [-0.3, -0.25) is 19.8 Å². The Balaban J connectivity index is 0.000000872. The van der Waals surface area contributed by atoms with Crippen molar-refractivity contribution in [2.45, 2.75) is 77.9 Å². The Morgan fingerprint density at radius 1 is 0.980 bits per heavy atom. The summed E-state index contributed by atoms with van der Waals surface area (Å²) in [6.07, 6.45) is -1.69. The van der Waals surface area contributed by atoms with Crippen LogP contribution in [0.3, 0.4) is 0 Å². The van der Waals surface area contributed by atoms with Gasteiger partial charge >= 0.3 is 18.1 Å². The lowest BCUT2D eigenvalue weighted by molar-refractivity contribution is -0.192. The molecule has 2 aliphatic rings. The number of nitrogens with one attached hydrogen (secondary N) is 2. The summed E-state index contributed by atoms with van der Waals surface area (Å²) in [6, 6.07) is 7.31. The first kappa shape index (κ1) is 39.6. The van der Waals surface area contributed by atoms with Crippen LogP contribution in [0.5, 0.6) is 11.5 Å². The Morgan fingerprint density at radius 2 is 1.62 bits per heavy atom. The van der Waals surface area contributed by atoms with Gasteiger partial charge in [-0.1, -0.05) is 20.8 Å². The van der Waals surface area contributed by atoms with Crippen molar-refractivity contribution in [1.82, 2.24) is 10.2 Å². The first-order valence-electron chi connectivity index (χ1n) is 16.4. The SMILES string of the molecule is CCOc1cc2c(cc1C(=O)NC)C(=N)N(CC(=O)c1cc(N3CCCC3)c(OCCCCC(=O)O)c(C(C)(C)C)c1)C2.O=C(O)C(F)(F)F. The summed E-state index contributed by atoms with van der Waals surface area (Å²) in [7, 11) is 1.56. The lowest BCUT2D eigenvalue weighted by Gasteiger charge is -2.30. The van der Waals surface area contributed by atoms with E-state index in [9.17, 15) is 27.6 Å². The summed E-state index contributed by atoms with van der Waals surface area (Å²) in [6.45, 7) is 11.1. The normalized spacial score (nSPS) is 14.1. The van der Waals surface area contributed by atoms with Crippen molar-refractivity contribution < 1.29 is 52.0 Å². The highest BCUT2D eigenvalue weighted by molar-refractivity contribution is 6.08.